The lowest BCUT2D eigenvalue weighted by Gasteiger charge is -2.19. The summed E-state index contributed by atoms with van der Waals surface area (Å²) in [6.07, 6.45) is 0.604. The van der Waals surface area contributed by atoms with Crippen LogP contribution in [-0.4, -0.2) is 28.1 Å². The highest BCUT2D eigenvalue weighted by molar-refractivity contribution is 5.86. The Morgan fingerprint density at radius 3 is 2.55 bits per heavy atom. The first-order chi connectivity index (χ1) is 9.60. The predicted molar refractivity (Wildman–Crippen MR) is 76.9 cm³/mol. The average Bonchev–Trinajstić information content (AvgIpc) is 2.47. The molecule has 0 saturated heterocycles. The van der Waals surface area contributed by atoms with E-state index < -0.39 is 5.97 Å². The fourth-order valence-corrected chi connectivity index (χ4v) is 1.88. The van der Waals surface area contributed by atoms with E-state index in [1.165, 1.54) is 6.07 Å². The number of hydrogen-bond acceptors (Lipinski definition) is 4. The first kappa shape index (κ1) is 14.0. The van der Waals surface area contributed by atoms with E-state index >= 15 is 0 Å². The number of aryl methyl sites for hydroxylation is 1. The summed E-state index contributed by atoms with van der Waals surface area (Å²) in [5, 5.41) is 9.09. The van der Waals surface area contributed by atoms with E-state index in [0.717, 1.165) is 5.56 Å². The zero-order valence-corrected chi connectivity index (χ0v) is 11.6. The van der Waals surface area contributed by atoms with Gasteiger partial charge in [-0.2, -0.15) is 0 Å². The molecule has 1 N–H and O–H groups in total. The van der Waals surface area contributed by atoms with Crippen LogP contribution in [0.5, 0.6) is 0 Å². The first-order valence-electron chi connectivity index (χ1n) is 6.46. The molecule has 1 heterocycles. The molecule has 2 aromatic rings. The van der Waals surface area contributed by atoms with E-state index in [4.69, 9.17) is 5.11 Å². The third-order valence-electron chi connectivity index (χ3n) is 2.95. The second-order valence-corrected chi connectivity index (χ2v) is 4.53. The maximum absolute atomic E-state index is 11.1. The van der Waals surface area contributed by atoms with Gasteiger partial charge in [-0.05, 0) is 5.56 Å². The van der Waals surface area contributed by atoms with Gasteiger partial charge in [0.05, 0.1) is 0 Å². The fraction of sp³-hybridized carbons (Fsp3) is 0.267. The second kappa shape index (κ2) is 6.14. The quantitative estimate of drug-likeness (QED) is 0.904. The van der Waals surface area contributed by atoms with Crippen LogP contribution in [0.1, 0.15) is 28.8 Å². The van der Waals surface area contributed by atoms with Crippen molar-refractivity contribution in [2.75, 3.05) is 11.9 Å². The van der Waals surface area contributed by atoms with Gasteiger partial charge in [0.1, 0.15) is 11.6 Å². The van der Waals surface area contributed by atoms with E-state index in [9.17, 15) is 4.79 Å². The van der Waals surface area contributed by atoms with Crippen molar-refractivity contribution >= 4 is 11.8 Å². The molecule has 1 aromatic carbocycles. The van der Waals surface area contributed by atoms with E-state index in [2.05, 4.69) is 9.97 Å². The van der Waals surface area contributed by atoms with Gasteiger partial charge >= 0.3 is 5.97 Å². The molecular weight excluding hydrogens is 254 g/mol. The Morgan fingerprint density at radius 1 is 1.25 bits per heavy atom. The smallest absolute Gasteiger partial charge is 0.354 e. The van der Waals surface area contributed by atoms with Crippen molar-refractivity contribution in [1.29, 1.82) is 0 Å². The van der Waals surface area contributed by atoms with Crippen LogP contribution in [0.15, 0.2) is 36.4 Å². The van der Waals surface area contributed by atoms with Gasteiger partial charge < -0.3 is 10.0 Å². The van der Waals surface area contributed by atoms with Crippen LogP contribution < -0.4 is 4.90 Å². The van der Waals surface area contributed by atoms with E-state index in [1.807, 2.05) is 49.2 Å². The highest BCUT2D eigenvalue weighted by Gasteiger charge is 2.12. The number of carboxylic acids is 1. The summed E-state index contributed by atoms with van der Waals surface area (Å²) in [6.45, 7) is 2.57. The van der Waals surface area contributed by atoms with Crippen LogP contribution in [0.2, 0.25) is 0 Å². The Balaban J connectivity index is 2.27. The lowest BCUT2D eigenvalue weighted by Crippen LogP contribution is -2.19. The Labute approximate surface area is 117 Å². The maximum Gasteiger partial charge on any atom is 0.354 e. The molecule has 0 atom stereocenters. The van der Waals surface area contributed by atoms with Crippen LogP contribution in [0.3, 0.4) is 0 Å². The predicted octanol–water partition coefficient (Wildman–Crippen LogP) is 2.37. The molecule has 1 aromatic heterocycles. The van der Waals surface area contributed by atoms with E-state index in [1.54, 1.807) is 0 Å². The van der Waals surface area contributed by atoms with Gasteiger partial charge in [0, 0.05) is 26.1 Å². The van der Waals surface area contributed by atoms with Gasteiger partial charge in [0.25, 0.3) is 0 Å². The van der Waals surface area contributed by atoms with Crippen molar-refractivity contribution in [3.05, 3.63) is 53.5 Å². The minimum Gasteiger partial charge on any atom is -0.477 e. The highest BCUT2D eigenvalue weighted by atomic mass is 16.4. The van der Waals surface area contributed by atoms with Gasteiger partial charge in [-0.3, -0.25) is 0 Å². The van der Waals surface area contributed by atoms with E-state index in [-0.39, 0.29) is 5.69 Å². The van der Waals surface area contributed by atoms with Gasteiger partial charge in [0.15, 0.2) is 5.69 Å². The number of nitrogens with zero attached hydrogens (tertiary/aromatic N) is 3. The lowest BCUT2D eigenvalue weighted by atomic mass is 10.2. The number of anilines is 1. The molecule has 0 spiro atoms. The maximum atomic E-state index is 11.1. The third kappa shape index (κ3) is 3.32. The highest BCUT2D eigenvalue weighted by Crippen LogP contribution is 2.15. The van der Waals surface area contributed by atoms with Crippen LogP contribution >= 0.6 is 0 Å². The van der Waals surface area contributed by atoms with Gasteiger partial charge in [-0.15, -0.1) is 0 Å². The van der Waals surface area contributed by atoms with Gasteiger partial charge in [-0.1, -0.05) is 37.3 Å². The summed E-state index contributed by atoms with van der Waals surface area (Å²) in [4.78, 5) is 21.4. The van der Waals surface area contributed by atoms with Crippen molar-refractivity contribution < 1.29 is 9.90 Å². The monoisotopic (exact) mass is 271 g/mol. The fourth-order valence-electron chi connectivity index (χ4n) is 1.88. The van der Waals surface area contributed by atoms with Crippen LogP contribution in [-0.2, 0) is 13.0 Å². The topological polar surface area (TPSA) is 66.3 Å². The van der Waals surface area contributed by atoms with Gasteiger partial charge in [0.2, 0.25) is 0 Å². The SMILES string of the molecule is CCc1nc(C(=O)O)cc(N(C)Cc2ccccc2)n1. The van der Waals surface area contributed by atoms with Crippen LogP contribution in [0, 0.1) is 0 Å². The molecule has 0 aliphatic carbocycles. The van der Waals surface area contributed by atoms with Crippen molar-refractivity contribution in [3.8, 4) is 0 Å². The lowest BCUT2D eigenvalue weighted by molar-refractivity contribution is 0.0690. The number of benzene rings is 1. The molecule has 5 nitrogen and oxygen atoms in total. The zero-order chi connectivity index (χ0) is 14.5. The molecule has 0 aliphatic rings. The Bertz CT molecular complexity index is 599. The molecule has 0 aliphatic heterocycles. The summed E-state index contributed by atoms with van der Waals surface area (Å²) in [6, 6.07) is 11.5. The number of aromatic nitrogens is 2. The third-order valence-corrected chi connectivity index (χ3v) is 2.95. The molecule has 20 heavy (non-hydrogen) atoms. The molecule has 104 valence electrons. The first-order valence-corrected chi connectivity index (χ1v) is 6.46. The summed E-state index contributed by atoms with van der Waals surface area (Å²) in [7, 11) is 1.89. The minimum atomic E-state index is -1.03. The van der Waals surface area contributed by atoms with Gasteiger partial charge in [-0.25, -0.2) is 14.8 Å². The molecule has 0 amide bonds. The molecule has 0 unspecified atom stereocenters. The number of hydrogen-bond donors (Lipinski definition) is 1. The standard InChI is InChI=1S/C15H17N3O2/c1-3-13-16-12(15(19)20)9-14(17-13)18(2)10-11-7-5-4-6-8-11/h4-9H,3,10H2,1-2H3,(H,19,20). The Kier molecular flexibility index (Phi) is 4.30. The molecule has 0 saturated carbocycles. The van der Waals surface area contributed by atoms with E-state index in [0.29, 0.717) is 24.6 Å². The molecule has 0 bridgehead atoms. The van der Waals surface area contributed by atoms with Crippen LogP contribution in [0.25, 0.3) is 0 Å². The molecular formula is C15H17N3O2. The second-order valence-electron chi connectivity index (χ2n) is 4.53. The number of carboxylic acid groups (broad SMARTS) is 1. The molecule has 0 fully saturated rings. The van der Waals surface area contributed by atoms with Crippen LogP contribution in [0.4, 0.5) is 5.82 Å². The zero-order valence-electron chi connectivity index (χ0n) is 11.6. The summed E-state index contributed by atoms with van der Waals surface area (Å²) in [5.74, 6) is 0.134. The molecule has 5 heteroatoms. The van der Waals surface area contributed by atoms with Crippen molar-refractivity contribution in [3.63, 3.8) is 0 Å². The van der Waals surface area contributed by atoms with Crippen molar-refractivity contribution in [1.82, 2.24) is 9.97 Å². The Morgan fingerprint density at radius 2 is 1.95 bits per heavy atom. The normalized spacial score (nSPS) is 10.3. The minimum absolute atomic E-state index is 0.0340. The number of carbonyl (C=O) groups is 1. The van der Waals surface area contributed by atoms with Crippen molar-refractivity contribution in [2.45, 2.75) is 19.9 Å². The summed E-state index contributed by atoms with van der Waals surface area (Å²) in [5.41, 5.74) is 1.18. The average molecular weight is 271 g/mol. The summed E-state index contributed by atoms with van der Waals surface area (Å²) < 4.78 is 0. The summed E-state index contributed by atoms with van der Waals surface area (Å²) >= 11 is 0. The number of rotatable bonds is 5. The molecule has 2 rings (SSSR count). The largest absolute Gasteiger partial charge is 0.477 e. The molecule has 0 radical (unpaired) electrons. The Hall–Kier alpha value is -2.43. The number of aromatic carboxylic acids is 1. The van der Waals surface area contributed by atoms with Crippen molar-refractivity contribution in [2.24, 2.45) is 0 Å².